The van der Waals surface area contributed by atoms with E-state index >= 15 is 0 Å². The van der Waals surface area contributed by atoms with Gasteiger partial charge in [-0.25, -0.2) is 13.1 Å². The summed E-state index contributed by atoms with van der Waals surface area (Å²) in [5.41, 5.74) is 1.47. The molecule has 32 heavy (non-hydrogen) atoms. The van der Waals surface area contributed by atoms with E-state index in [1.54, 1.807) is 51.1 Å². The molecule has 168 valence electrons. The number of benzene rings is 3. The van der Waals surface area contributed by atoms with E-state index in [4.69, 9.17) is 4.74 Å². The number of nitrogens with one attached hydrogen (secondary N) is 2. The van der Waals surface area contributed by atoms with Gasteiger partial charge in [-0.05, 0) is 62.7 Å². The van der Waals surface area contributed by atoms with Crippen LogP contribution in [0, 0.1) is 0 Å². The molecule has 0 spiro atoms. The Kier molecular flexibility index (Phi) is 7.33. The molecule has 0 saturated carbocycles. The highest BCUT2D eigenvalue weighted by atomic mass is 32.2. The maximum Gasteiger partial charge on any atom is 0.259 e. The molecule has 0 aromatic heterocycles. The lowest BCUT2D eigenvalue weighted by Crippen LogP contribution is -2.40. The van der Waals surface area contributed by atoms with Gasteiger partial charge in [-0.1, -0.05) is 42.5 Å². The molecule has 0 unspecified atom stereocenters. The van der Waals surface area contributed by atoms with Crippen LogP contribution >= 0.6 is 0 Å². The van der Waals surface area contributed by atoms with Crippen LogP contribution in [-0.4, -0.2) is 26.5 Å². The van der Waals surface area contributed by atoms with E-state index in [1.807, 2.05) is 36.4 Å². The Morgan fingerprint density at radius 1 is 0.875 bits per heavy atom. The van der Waals surface area contributed by atoms with Gasteiger partial charge >= 0.3 is 0 Å². The average molecular weight is 453 g/mol. The summed E-state index contributed by atoms with van der Waals surface area (Å²) >= 11 is 0. The van der Waals surface area contributed by atoms with E-state index in [0.717, 1.165) is 12.0 Å². The average Bonchev–Trinajstić information content (AvgIpc) is 2.73. The van der Waals surface area contributed by atoms with Crippen LogP contribution in [-0.2, 0) is 16.4 Å². The second-order valence-corrected chi connectivity index (χ2v) is 10.1. The predicted octanol–water partition coefficient (Wildman–Crippen LogP) is 4.64. The first-order valence-corrected chi connectivity index (χ1v) is 11.8. The second kappa shape index (κ2) is 9.97. The Morgan fingerprint density at radius 3 is 2.16 bits per heavy atom. The fraction of sp³-hybridized carbons (Fsp3) is 0.240. The van der Waals surface area contributed by atoms with Crippen molar-refractivity contribution in [3.05, 3.63) is 90.0 Å². The molecular formula is C25H28N2O4S. The van der Waals surface area contributed by atoms with Gasteiger partial charge in [0.2, 0.25) is 10.0 Å². The quantitative estimate of drug-likeness (QED) is 0.522. The monoisotopic (exact) mass is 452 g/mol. The van der Waals surface area contributed by atoms with E-state index in [9.17, 15) is 13.2 Å². The molecule has 3 aromatic rings. The van der Waals surface area contributed by atoms with Crippen LogP contribution in [0.2, 0.25) is 0 Å². The van der Waals surface area contributed by atoms with Crippen LogP contribution in [0.5, 0.6) is 5.75 Å². The highest BCUT2D eigenvalue weighted by molar-refractivity contribution is 7.89. The molecule has 3 aromatic carbocycles. The highest BCUT2D eigenvalue weighted by Gasteiger charge is 2.22. The fourth-order valence-corrected chi connectivity index (χ4v) is 4.50. The number of amides is 1. The van der Waals surface area contributed by atoms with E-state index < -0.39 is 15.6 Å². The number of anilines is 1. The first-order valence-electron chi connectivity index (χ1n) is 10.4. The summed E-state index contributed by atoms with van der Waals surface area (Å²) in [6, 6.07) is 23.1. The number of carbonyl (C=O) groups excluding carboxylic acids is 1. The summed E-state index contributed by atoms with van der Waals surface area (Å²) in [4.78, 5) is 13.0. The maximum atomic E-state index is 12.8. The highest BCUT2D eigenvalue weighted by Crippen LogP contribution is 2.21. The molecule has 0 aliphatic heterocycles. The van der Waals surface area contributed by atoms with Crippen molar-refractivity contribution in [1.29, 1.82) is 0 Å². The molecule has 0 saturated heterocycles. The molecule has 0 radical (unpaired) electrons. The predicted molar refractivity (Wildman–Crippen MR) is 127 cm³/mol. The Morgan fingerprint density at radius 2 is 1.50 bits per heavy atom. The fourth-order valence-electron chi connectivity index (χ4n) is 3.08. The zero-order chi connectivity index (χ0) is 23.2. The van der Waals surface area contributed by atoms with Gasteiger partial charge in [-0.15, -0.1) is 0 Å². The van der Waals surface area contributed by atoms with Gasteiger partial charge in [-0.2, -0.15) is 0 Å². The standard InChI is InChI=1S/C25H28N2O4S/c1-25(2,3)27-32(29,30)21-15-13-20(14-16-21)26-24(28)22-11-7-8-12-23(22)31-18-17-19-9-5-4-6-10-19/h4-16,27H,17-18H2,1-3H3,(H,26,28). The van der Waals surface area contributed by atoms with Crippen molar-refractivity contribution in [2.24, 2.45) is 0 Å². The number of ether oxygens (including phenoxy) is 1. The molecule has 0 bridgehead atoms. The summed E-state index contributed by atoms with van der Waals surface area (Å²) in [5.74, 6) is 0.165. The summed E-state index contributed by atoms with van der Waals surface area (Å²) in [6.45, 7) is 5.77. The SMILES string of the molecule is CC(C)(C)NS(=O)(=O)c1ccc(NC(=O)c2ccccc2OCCc2ccccc2)cc1. The van der Waals surface area contributed by atoms with Crippen molar-refractivity contribution in [2.75, 3.05) is 11.9 Å². The number of sulfonamides is 1. The van der Waals surface area contributed by atoms with Crippen molar-refractivity contribution in [2.45, 2.75) is 37.6 Å². The van der Waals surface area contributed by atoms with Crippen molar-refractivity contribution in [3.8, 4) is 5.75 Å². The Labute approximate surface area is 189 Å². The minimum atomic E-state index is -3.64. The lowest BCUT2D eigenvalue weighted by atomic mass is 10.1. The van der Waals surface area contributed by atoms with Crippen LogP contribution in [0.4, 0.5) is 5.69 Å². The number of carbonyl (C=O) groups is 1. The molecule has 2 N–H and O–H groups in total. The number of rotatable bonds is 8. The Balaban J connectivity index is 1.66. The van der Waals surface area contributed by atoms with Crippen LogP contribution < -0.4 is 14.8 Å². The van der Waals surface area contributed by atoms with Gasteiger partial charge in [-0.3, -0.25) is 4.79 Å². The third kappa shape index (κ3) is 6.67. The second-order valence-electron chi connectivity index (χ2n) is 8.41. The molecule has 0 heterocycles. The summed E-state index contributed by atoms with van der Waals surface area (Å²) in [6.07, 6.45) is 0.731. The number of hydrogen-bond donors (Lipinski definition) is 2. The van der Waals surface area contributed by atoms with E-state index in [2.05, 4.69) is 10.0 Å². The van der Waals surface area contributed by atoms with Gasteiger partial charge < -0.3 is 10.1 Å². The van der Waals surface area contributed by atoms with Gasteiger partial charge in [0.05, 0.1) is 17.1 Å². The molecule has 1 amide bonds. The smallest absolute Gasteiger partial charge is 0.259 e. The van der Waals surface area contributed by atoms with Crippen LogP contribution in [0.25, 0.3) is 0 Å². The molecule has 0 atom stereocenters. The van der Waals surface area contributed by atoms with Crippen LogP contribution in [0.3, 0.4) is 0 Å². The van der Waals surface area contributed by atoms with Gasteiger partial charge in [0.15, 0.2) is 0 Å². The Hall–Kier alpha value is -3.16. The minimum absolute atomic E-state index is 0.134. The minimum Gasteiger partial charge on any atom is -0.492 e. The van der Waals surface area contributed by atoms with Gasteiger partial charge in [0, 0.05) is 17.6 Å². The lowest BCUT2D eigenvalue weighted by molar-refractivity contribution is 0.102. The van der Waals surface area contributed by atoms with E-state index in [0.29, 0.717) is 23.6 Å². The normalized spacial score (nSPS) is 11.7. The van der Waals surface area contributed by atoms with Gasteiger partial charge in [0.25, 0.3) is 5.91 Å². The van der Waals surface area contributed by atoms with Crippen LogP contribution in [0.15, 0.2) is 83.8 Å². The topological polar surface area (TPSA) is 84.5 Å². The van der Waals surface area contributed by atoms with Crippen molar-refractivity contribution >= 4 is 21.6 Å². The third-order valence-corrected chi connectivity index (χ3v) is 6.26. The first kappa shape index (κ1) is 23.5. The molecule has 3 rings (SSSR count). The van der Waals surface area contributed by atoms with Gasteiger partial charge in [0.1, 0.15) is 5.75 Å². The van der Waals surface area contributed by atoms with E-state index in [1.165, 1.54) is 12.1 Å². The summed E-state index contributed by atoms with van der Waals surface area (Å²) in [5, 5.41) is 2.80. The first-order chi connectivity index (χ1) is 15.1. The zero-order valence-electron chi connectivity index (χ0n) is 18.5. The van der Waals surface area contributed by atoms with Crippen molar-refractivity contribution in [1.82, 2.24) is 4.72 Å². The largest absolute Gasteiger partial charge is 0.492 e. The molecule has 0 fully saturated rings. The molecule has 0 aliphatic carbocycles. The van der Waals surface area contributed by atoms with Crippen LogP contribution in [0.1, 0.15) is 36.7 Å². The molecule has 7 heteroatoms. The molecule has 0 aliphatic rings. The maximum absolute atomic E-state index is 12.8. The van der Waals surface area contributed by atoms with Crippen molar-refractivity contribution < 1.29 is 17.9 Å². The zero-order valence-corrected chi connectivity index (χ0v) is 19.3. The number of hydrogen-bond acceptors (Lipinski definition) is 4. The molecular weight excluding hydrogens is 424 g/mol. The van der Waals surface area contributed by atoms with Crippen molar-refractivity contribution in [3.63, 3.8) is 0 Å². The van der Waals surface area contributed by atoms with E-state index in [-0.39, 0.29) is 10.8 Å². The third-order valence-electron chi connectivity index (χ3n) is 4.49. The number of para-hydroxylation sites is 1. The lowest BCUT2D eigenvalue weighted by Gasteiger charge is -2.20. The summed E-state index contributed by atoms with van der Waals surface area (Å²) < 4.78 is 33.3. The molecule has 6 nitrogen and oxygen atoms in total. The summed E-state index contributed by atoms with van der Waals surface area (Å²) in [7, 11) is -3.64. The Bertz CT molecular complexity index is 1150.